The summed E-state index contributed by atoms with van der Waals surface area (Å²) < 4.78 is 5.32. The fraction of sp³-hybridized carbons (Fsp3) is 0.174. The van der Waals surface area contributed by atoms with E-state index in [2.05, 4.69) is 10.3 Å². The van der Waals surface area contributed by atoms with Crippen LogP contribution in [0.4, 0.5) is 5.69 Å². The maximum atomic E-state index is 12.7. The molecule has 148 valence electrons. The zero-order chi connectivity index (χ0) is 20.6. The van der Waals surface area contributed by atoms with Gasteiger partial charge in [-0.05, 0) is 42.3 Å². The molecule has 1 N–H and O–H groups in total. The van der Waals surface area contributed by atoms with Gasteiger partial charge in [0, 0.05) is 31.0 Å². The van der Waals surface area contributed by atoms with Crippen LogP contribution in [0.15, 0.2) is 72.9 Å². The van der Waals surface area contributed by atoms with Crippen molar-refractivity contribution in [3.05, 3.63) is 89.7 Å². The minimum absolute atomic E-state index is 0.206. The van der Waals surface area contributed by atoms with Crippen molar-refractivity contribution in [2.24, 2.45) is 0 Å². The molecular weight excluding hydrogens is 366 g/mol. The Morgan fingerprint density at radius 3 is 2.52 bits per heavy atom. The van der Waals surface area contributed by atoms with Crippen molar-refractivity contribution in [2.45, 2.75) is 6.42 Å². The van der Waals surface area contributed by atoms with Crippen LogP contribution in [-0.4, -0.2) is 37.5 Å². The molecule has 2 amide bonds. The van der Waals surface area contributed by atoms with Crippen LogP contribution < -0.4 is 15.0 Å². The molecule has 3 aromatic rings. The summed E-state index contributed by atoms with van der Waals surface area (Å²) >= 11 is 0. The molecule has 0 unspecified atom stereocenters. The number of pyridine rings is 1. The standard InChI is InChI=1S/C23H23N3O3/c1-26(19-9-4-3-5-10-19)23(28)18-13-14-24-20(16-18)22(27)25-15-12-17-8-6-7-11-21(17)29-2/h3-11,13-14,16H,12,15H2,1-2H3,(H,25,27). The van der Waals surface area contributed by atoms with Crippen molar-refractivity contribution < 1.29 is 14.3 Å². The van der Waals surface area contributed by atoms with Crippen LogP contribution in [0.2, 0.25) is 0 Å². The Hall–Kier alpha value is -3.67. The molecule has 2 aromatic carbocycles. The third-order valence-electron chi connectivity index (χ3n) is 4.56. The van der Waals surface area contributed by atoms with Gasteiger partial charge in [-0.15, -0.1) is 0 Å². The number of hydrogen-bond donors (Lipinski definition) is 1. The van der Waals surface area contributed by atoms with Crippen molar-refractivity contribution >= 4 is 17.5 Å². The van der Waals surface area contributed by atoms with Crippen molar-refractivity contribution in [2.75, 3.05) is 25.6 Å². The largest absolute Gasteiger partial charge is 0.496 e. The van der Waals surface area contributed by atoms with Crippen LogP contribution >= 0.6 is 0 Å². The van der Waals surface area contributed by atoms with E-state index in [1.165, 1.54) is 12.3 Å². The minimum atomic E-state index is -0.322. The number of benzene rings is 2. The number of amides is 2. The lowest BCUT2D eigenvalue weighted by Gasteiger charge is -2.17. The topological polar surface area (TPSA) is 71.5 Å². The third kappa shape index (κ3) is 4.99. The minimum Gasteiger partial charge on any atom is -0.496 e. The number of carbonyl (C=O) groups is 2. The predicted octanol–water partition coefficient (Wildman–Crippen LogP) is 3.34. The van der Waals surface area contributed by atoms with Crippen LogP contribution in [-0.2, 0) is 6.42 Å². The summed E-state index contributed by atoms with van der Waals surface area (Å²) in [7, 11) is 3.32. The number of ether oxygens (including phenoxy) is 1. The highest BCUT2D eigenvalue weighted by Crippen LogP contribution is 2.17. The van der Waals surface area contributed by atoms with Gasteiger partial charge in [0.2, 0.25) is 0 Å². The molecule has 0 radical (unpaired) electrons. The second-order valence-electron chi connectivity index (χ2n) is 6.45. The normalized spacial score (nSPS) is 10.3. The van der Waals surface area contributed by atoms with Gasteiger partial charge in [-0.25, -0.2) is 0 Å². The molecule has 6 nitrogen and oxygen atoms in total. The lowest BCUT2D eigenvalue weighted by atomic mass is 10.1. The molecule has 0 saturated heterocycles. The van der Waals surface area contributed by atoms with Crippen molar-refractivity contribution in [1.29, 1.82) is 0 Å². The predicted molar refractivity (Wildman–Crippen MR) is 112 cm³/mol. The molecular formula is C23H23N3O3. The first-order valence-electron chi connectivity index (χ1n) is 9.29. The molecule has 0 spiro atoms. The fourth-order valence-corrected chi connectivity index (χ4v) is 2.96. The van der Waals surface area contributed by atoms with Gasteiger partial charge >= 0.3 is 0 Å². The van der Waals surface area contributed by atoms with Crippen LogP contribution in [0.1, 0.15) is 26.4 Å². The molecule has 0 fully saturated rings. The molecule has 29 heavy (non-hydrogen) atoms. The first-order chi connectivity index (χ1) is 14.1. The van der Waals surface area contributed by atoms with Gasteiger partial charge in [0.05, 0.1) is 7.11 Å². The Morgan fingerprint density at radius 2 is 1.76 bits per heavy atom. The second-order valence-corrected chi connectivity index (χ2v) is 6.45. The summed E-state index contributed by atoms with van der Waals surface area (Å²) in [6.07, 6.45) is 2.10. The van der Waals surface area contributed by atoms with Gasteiger partial charge in [-0.3, -0.25) is 14.6 Å². The maximum absolute atomic E-state index is 12.7. The monoisotopic (exact) mass is 389 g/mol. The molecule has 0 saturated carbocycles. The average molecular weight is 389 g/mol. The summed E-state index contributed by atoms with van der Waals surface area (Å²) in [6.45, 7) is 0.434. The summed E-state index contributed by atoms with van der Waals surface area (Å²) in [4.78, 5) is 30.9. The van der Waals surface area contributed by atoms with E-state index in [1.807, 2.05) is 54.6 Å². The number of nitrogens with zero attached hydrogens (tertiary/aromatic N) is 2. The zero-order valence-electron chi connectivity index (χ0n) is 16.5. The Morgan fingerprint density at radius 1 is 1.03 bits per heavy atom. The average Bonchev–Trinajstić information content (AvgIpc) is 2.79. The quantitative estimate of drug-likeness (QED) is 0.673. The number of hydrogen-bond acceptors (Lipinski definition) is 4. The molecule has 0 aliphatic rings. The number of nitrogens with one attached hydrogen (secondary N) is 1. The number of aromatic nitrogens is 1. The Bertz CT molecular complexity index is 989. The van der Waals surface area contributed by atoms with Crippen molar-refractivity contribution in [3.8, 4) is 5.75 Å². The highest BCUT2D eigenvalue weighted by molar-refractivity contribution is 6.06. The van der Waals surface area contributed by atoms with Gasteiger partial charge in [-0.2, -0.15) is 0 Å². The lowest BCUT2D eigenvalue weighted by molar-refractivity contribution is 0.0949. The van der Waals surface area contributed by atoms with Gasteiger partial charge in [-0.1, -0.05) is 36.4 Å². The van der Waals surface area contributed by atoms with Crippen molar-refractivity contribution in [3.63, 3.8) is 0 Å². The smallest absolute Gasteiger partial charge is 0.269 e. The summed E-state index contributed by atoms with van der Waals surface area (Å²) in [5.41, 5.74) is 2.40. The van der Waals surface area contributed by atoms with E-state index in [0.29, 0.717) is 18.5 Å². The molecule has 6 heteroatoms. The first kappa shape index (κ1) is 20.1. The molecule has 0 atom stereocenters. The Labute approximate surface area is 170 Å². The van der Waals surface area contributed by atoms with Gasteiger partial charge in [0.1, 0.15) is 11.4 Å². The van der Waals surface area contributed by atoms with E-state index in [-0.39, 0.29) is 17.5 Å². The molecule has 0 bridgehead atoms. The Kier molecular flexibility index (Phi) is 6.58. The van der Waals surface area contributed by atoms with E-state index in [9.17, 15) is 9.59 Å². The molecule has 1 aromatic heterocycles. The van der Waals surface area contributed by atoms with Crippen LogP contribution in [0.25, 0.3) is 0 Å². The molecule has 0 aliphatic heterocycles. The lowest BCUT2D eigenvalue weighted by Crippen LogP contribution is -2.29. The number of rotatable bonds is 7. The number of carbonyl (C=O) groups excluding carboxylic acids is 2. The summed E-state index contributed by atoms with van der Waals surface area (Å²) in [5, 5.41) is 2.84. The van der Waals surface area contributed by atoms with E-state index in [0.717, 1.165) is 17.0 Å². The van der Waals surface area contributed by atoms with E-state index < -0.39 is 0 Å². The maximum Gasteiger partial charge on any atom is 0.269 e. The van der Waals surface area contributed by atoms with Gasteiger partial charge in [0.25, 0.3) is 11.8 Å². The Balaban J connectivity index is 1.64. The summed E-state index contributed by atoms with van der Waals surface area (Å²) in [6, 6.07) is 20.1. The van der Waals surface area contributed by atoms with Gasteiger partial charge < -0.3 is 15.0 Å². The fourth-order valence-electron chi connectivity index (χ4n) is 2.96. The molecule has 0 aliphatic carbocycles. The number of methoxy groups -OCH3 is 1. The highest BCUT2D eigenvalue weighted by Gasteiger charge is 2.16. The zero-order valence-corrected chi connectivity index (χ0v) is 16.5. The third-order valence-corrected chi connectivity index (χ3v) is 4.56. The van der Waals surface area contributed by atoms with Gasteiger partial charge in [0.15, 0.2) is 0 Å². The number of anilines is 1. The first-order valence-corrected chi connectivity index (χ1v) is 9.29. The van der Waals surface area contributed by atoms with Crippen LogP contribution in [0.5, 0.6) is 5.75 Å². The van der Waals surface area contributed by atoms with Crippen LogP contribution in [0.3, 0.4) is 0 Å². The van der Waals surface area contributed by atoms with Crippen LogP contribution in [0, 0.1) is 0 Å². The van der Waals surface area contributed by atoms with E-state index in [1.54, 1.807) is 25.1 Å². The van der Waals surface area contributed by atoms with E-state index in [4.69, 9.17) is 4.74 Å². The van der Waals surface area contributed by atoms with Crippen molar-refractivity contribution in [1.82, 2.24) is 10.3 Å². The molecule has 1 heterocycles. The highest BCUT2D eigenvalue weighted by atomic mass is 16.5. The second kappa shape index (κ2) is 9.50. The summed E-state index contributed by atoms with van der Waals surface area (Å²) in [5.74, 6) is 0.259. The molecule has 3 rings (SSSR count). The number of para-hydroxylation sites is 2. The SMILES string of the molecule is COc1ccccc1CCNC(=O)c1cc(C(=O)N(C)c2ccccc2)ccn1. The van der Waals surface area contributed by atoms with E-state index >= 15 is 0 Å².